The highest BCUT2D eigenvalue weighted by Crippen LogP contribution is 2.34. The van der Waals surface area contributed by atoms with E-state index in [1.165, 1.54) is 9.08 Å². The van der Waals surface area contributed by atoms with Crippen LogP contribution in [0.25, 0.3) is 27.7 Å². The van der Waals surface area contributed by atoms with Crippen molar-refractivity contribution in [2.24, 2.45) is 0 Å². The zero-order valence-corrected chi connectivity index (χ0v) is 16.7. The van der Waals surface area contributed by atoms with Gasteiger partial charge in [-0.05, 0) is 31.0 Å². The number of hydrogen-bond donors (Lipinski definition) is 2. The van der Waals surface area contributed by atoms with Gasteiger partial charge in [0.2, 0.25) is 5.95 Å². The quantitative estimate of drug-likeness (QED) is 0.380. The molecule has 12 heteroatoms. The van der Waals surface area contributed by atoms with Crippen molar-refractivity contribution in [3.8, 4) is 11.1 Å². The van der Waals surface area contributed by atoms with E-state index in [2.05, 4.69) is 27.7 Å². The summed E-state index contributed by atoms with van der Waals surface area (Å²) in [6, 6.07) is 4.91. The molecule has 0 aliphatic carbocycles. The number of alkyl halides is 2. The maximum atomic E-state index is 15.0. The summed E-state index contributed by atoms with van der Waals surface area (Å²) in [4.78, 5) is 8.46. The summed E-state index contributed by atoms with van der Waals surface area (Å²) in [5.41, 5.74) is 7.95. The van der Waals surface area contributed by atoms with Crippen molar-refractivity contribution in [3.63, 3.8) is 0 Å². The van der Waals surface area contributed by atoms with Crippen LogP contribution in [-0.2, 0) is 13.0 Å². The standard InChI is InChI=1S/C18H15B2F3N6S/c1-8-25-11-3-2-9(4-13(11)28(8)7-14(22)23)15-10(21)6-29-16(15)12(5-18(19,20)30)26-17(24)27-29/h2-4,6,14,30H,5,7H2,1H3,(H2,24,27). The van der Waals surface area contributed by atoms with Gasteiger partial charge in [0.15, 0.2) is 5.82 Å². The fraction of sp³-hybridized carbons (Fsp3) is 0.278. The second kappa shape index (κ2) is 7.26. The minimum atomic E-state index is -2.56. The van der Waals surface area contributed by atoms with E-state index in [0.717, 1.165) is 6.20 Å². The molecular formula is C18H15B2F3N6S. The van der Waals surface area contributed by atoms with Crippen LogP contribution in [0.2, 0.25) is 0 Å². The first kappa shape index (κ1) is 20.6. The van der Waals surface area contributed by atoms with Gasteiger partial charge in [0.05, 0.1) is 50.7 Å². The summed E-state index contributed by atoms with van der Waals surface area (Å²) >= 11 is 4.12. The maximum Gasteiger partial charge on any atom is 0.256 e. The van der Waals surface area contributed by atoms with E-state index in [1.54, 1.807) is 25.1 Å². The van der Waals surface area contributed by atoms with E-state index >= 15 is 0 Å². The van der Waals surface area contributed by atoms with E-state index in [4.69, 9.17) is 21.4 Å². The molecule has 0 aliphatic heterocycles. The average molecular weight is 426 g/mol. The van der Waals surface area contributed by atoms with Gasteiger partial charge in [-0.3, -0.25) is 0 Å². The summed E-state index contributed by atoms with van der Waals surface area (Å²) in [7, 11) is 11.6. The van der Waals surface area contributed by atoms with Gasteiger partial charge in [-0.25, -0.2) is 27.7 Å². The van der Waals surface area contributed by atoms with E-state index in [0.29, 0.717) is 33.6 Å². The minimum Gasteiger partial charge on any atom is -0.367 e. The minimum absolute atomic E-state index is 0.0204. The third kappa shape index (κ3) is 3.76. The number of aromatic nitrogens is 5. The molecule has 4 rings (SSSR count). The molecule has 0 amide bonds. The molecule has 150 valence electrons. The lowest BCUT2D eigenvalue weighted by Crippen LogP contribution is -2.26. The van der Waals surface area contributed by atoms with Gasteiger partial charge in [0.25, 0.3) is 6.43 Å². The van der Waals surface area contributed by atoms with Crippen LogP contribution in [0.5, 0.6) is 0 Å². The van der Waals surface area contributed by atoms with Crippen molar-refractivity contribution in [1.29, 1.82) is 0 Å². The molecule has 4 aromatic rings. The number of nitrogens with two attached hydrogens (primary N) is 1. The molecule has 4 radical (unpaired) electrons. The molecule has 0 saturated heterocycles. The van der Waals surface area contributed by atoms with Crippen LogP contribution in [0.1, 0.15) is 11.5 Å². The normalized spacial score (nSPS) is 12.5. The van der Waals surface area contributed by atoms with Crippen LogP contribution in [0, 0.1) is 12.7 Å². The van der Waals surface area contributed by atoms with Crippen LogP contribution < -0.4 is 5.73 Å². The largest absolute Gasteiger partial charge is 0.367 e. The van der Waals surface area contributed by atoms with Crippen LogP contribution >= 0.6 is 12.6 Å². The lowest BCUT2D eigenvalue weighted by Gasteiger charge is -2.18. The first-order valence-corrected chi connectivity index (χ1v) is 9.37. The van der Waals surface area contributed by atoms with Crippen LogP contribution in [0.15, 0.2) is 24.4 Å². The summed E-state index contributed by atoms with van der Waals surface area (Å²) in [5, 5.41) is 4.02. The fourth-order valence-electron chi connectivity index (χ4n) is 3.58. The fourth-order valence-corrected chi connectivity index (χ4v) is 3.73. The Bertz CT molecular complexity index is 1260. The Morgan fingerprint density at radius 3 is 2.67 bits per heavy atom. The highest BCUT2D eigenvalue weighted by Gasteiger charge is 2.23. The van der Waals surface area contributed by atoms with E-state index in [9.17, 15) is 13.2 Å². The Morgan fingerprint density at radius 2 is 2.00 bits per heavy atom. The predicted molar refractivity (Wildman–Crippen MR) is 114 cm³/mol. The zero-order chi connectivity index (χ0) is 21.8. The van der Waals surface area contributed by atoms with Gasteiger partial charge in [-0.2, -0.15) is 12.6 Å². The molecule has 0 unspecified atom stereocenters. The lowest BCUT2D eigenvalue weighted by atomic mass is 9.67. The van der Waals surface area contributed by atoms with Gasteiger partial charge in [0.1, 0.15) is 5.82 Å². The number of hydrogen-bond acceptors (Lipinski definition) is 5. The van der Waals surface area contributed by atoms with E-state index < -0.39 is 23.3 Å². The Kier molecular flexibility index (Phi) is 5.00. The molecule has 3 aromatic heterocycles. The number of fused-ring (bicyclic) bond motifs is 2. The first-order valence-electron chi connectivity index (χ1n) is 8.92. The van der Waals surface area contributed by atoms with E-state index in [1.807, 2.05) is 0 Å². The molecule has 6 nitrogen and oxygen atoms in total. The maximum absolute atomic E-state index is 15.0. The molecule has 0 atom stereocenters. The first-order chi connectivity index (χ1) is 14.0. The Morgan fingerprint density at radius 1 is 1.27 bits per heavy atom. The van der Waals surface area contributed by atoms with Gasteiger partial charge in [0, 0.05) is 5.56 Å². The number of anilines is 1. The second-order valence-corrected chi connectivity index (χ2v) is 7.93. The zero-order valence-electron chi connectivity index (χ0n) is 15.9. The summed E-state index contributed by atoms with van der Waals surface area (Å²) in [6.45, 7) is 1.12. The Labute approximate surface area is 177 Å². The van der Waals surface area contributed by atoms with Gasteiger partial charge >= 0.3 is 0 Å². The van der Waals surface area contributed by atoms with Crippen LogP contribution in [0.4, 0.5) is 19.1 Å². The van der Waals surface area contributed by atoms with Crippen LogP contribution in [-0.4, -0.2) is 50.8 Å². The molecule has 2 N–H and O–H groups in total. The van der Waals surface area contributed by atoms with Gasteiger partial charge in [-0.15, -0.1) is 5.10 Å². The lowest BCUT2D eigenvalue weighted by molar-refractivity contribution is 0.127. The van der Waals surface area contributed by atoms with Gasteiger partial charge < -0.3 is 10.3 Å². The predicted octanol–water partition coefficient (Wildman–Crippen LogP) is 2.50. The molecule has 3 heterocycles. The average Bonchev–Trinajstić information content (AvgIpc) is 3.09. The molecule has 0 fully saturated rings. The SMILES string of the molecule is [B]C([B])(S)Cc1nc(N)nn2cc(F)c(-c3ccc4nc(C)n(CC(F)F)c4c3)c12. The number of nitrogens with zero attached hydrogens (tertiary/aromatic N) is 5. The second-order valence-electron chi connectivity index (χ2n) is 7.09. The third-order valence-corrected chi connectivity index (χ3v) is 4.83. The van der Waals surface area contributed by atoms with Crippen molar-refractivity contribution >= 4 is 50.8 Å². The third-order valence-electron chi connectivity index (χ3n) is 4.67. The number of aryl methyl sites for hydroxylation is 1. The summed E-state index contributed by atoms with van der Waals surface area (Å²) in [5.74, 6) is -0.240. The smallest absolute Gasteiger partial charge is 0.256 e. The van der Waals surface area contributed by atoms with Gasteiger partial charge in [-0.1, -0.05) is 10.6 Å². The number of rotatable bonds is 5. The van der Waals surface area contributed by atoms with Crippen molar-refractivity contribution in [3.05, 3.63) is 41.7 Å². The van der Waals surface area contributed by atoms with E-state index in [-0.39, 0.29) is 17.9 Å². The molecule has 30 heavy (non-hydrogen) atoms. The highest BCUT2D eigenvalue weighted by atomic mass is 32.1. The van der Waals surface area contributed by atoms with Crippen LogP contribution in [0.3, 0.4) is 0 Å². The Balaban J connectivity index is 1.97. The number of imidazole rings is 1. The Hall–Kier alpha value is -2.62. The van der Waals surface area contributed by atoms with Crippen molar-refractivity contribution in [1.82, 2.24) is 24.1 Å². The highest BCUT2D eigenvalue weighted by molar-refractivity contribution is 7.84. The molecule has 1 aromatic carbocycles. The molecule has 0 aliphatic rings. The summed E-state index contributed by atoms with van der Waals surface area (Å²) < 4.78 is 42.3. The summed E-state index contributed by atoms with van der Waals surface area (Å²) in [6.07, 6.45) is -1.42. The molecule has 0 bridgehead atoms. The molecule has 0 saturated carbocycles. The number of nitrogen functional groups attached to an aromatic ring is 1. The molecule has 0 spiro atoms. The number of benzene rings is 1. The topological polar surface area (TPSA) is 74.0 Å². The van der Waals surface area contributed by atoms with Crippen molar-refractivity contribution < 1.29 is 13.2 Å². The number of thiol groups is 1. The monoisotopic (exact) mass is 426 g/mol. The van der Waals surface area contributed by atoms with Crippen molar-refractivity contribution in [2.45, 2.75) is 30.9 Å². The number of halogens is 3. The van der Waals surface area contributed by atoms with Crippen molar-refractivity contribution in [2.75, 3.05) is 5.73 Å². The molecular weight excluding hydrogens is 411 g/mol.